The predicted octanol–water partition coefficient (Wildman–Crippen LogP) is 2.50. The molecule has 0 spiro atoms. The highest BCUT2D eigenvalue weighted by Gasteiger charge is 2.39. The van der Waals surface area contributed by atoms with Crippen molar-refractivity contribution in [3.63, 3.8) is 0 Å². The van der Waals surface area contributed by atoms with E-state index in [1.165, 1.54) is 0 Å². The van der Waals surface area contributed by atoms with Gasteiger partial charge in [0.1, 0.15) is 11.1 Å². The number of hydrogen-bond acceptors (Lipinski definition) is 6. The summed E-state index contributed by atoms with van der Waals surface area (Å²) in [6.45, 7) is 0. The van der Waals surface area contributed by atoms with E-state index in [1.807, 2.05) is 6.07 Å². The fraction of sp³-hybridized carbons (Fsp3) is 0.400. The Morgan fingerprint density at radius 3 is 2.86 bits per heavy atom. The Labute approximate surface area is 126 Å². The summed E-state index contributed by atoms with van der Waals surface area (Å²) in [5.74, 6) is 0.855. The maximum atomic E-state index is 9.61. The summed E-state index contributed by atoms with van der Waals surface area (Å²) in [5, 5.41) is 17.9. The van der Waals surface area contributed by atoms with E-state index in [0.717, 1.165) is 37.8 Å². The second kappa shape index (κ2) is 4.91. The van der Waals surface area contributed by atoms with E-state index in [2.05, 4.69) is 26.3 Å². The molecule has 3 aromatic heterocycles. The first kappa shape index (κ1) is 13.0. The van der Waals surface area contributed by atoms with Gasteiger partial charge in [-0.25, -0.2) is 9.50 Å². The van der Waals surface area contributed by atoms with Crippen LogP contribution in [-0.2, 0) is 5.41 Å². The molecule has 7 nitrogen and oxygen atoms in total. The van der Waals surface area contributed by atoms with Crippen molar-refractivity contribution < 1.29 is 4.52 Å². The highest BCUT2D eigenvalue weighted by Crippen LogP contribution is 2.38. The van der Waals surface area contributed by atoms with Crippen molar-refractivity contribution in [3.8, 4) is 17.6 Å². The van der Waals surface area contributed by atoms with Gasteiger partial charge in [0.15, 0.2) is 5.65 Å². The van der Waals surface area contributed by atoms with Crippen LogP contribution in [0.2, 0.25) is 0 Å². The third-order valence-corrected chi connectivity index (χ3v) is 4.28. The van der Waals surface area contributed by atoms with Gasteiger partial charge in [0.25, 0.3) is 0 Å². The molecule has 1 fully saturated rings. The van der Waals surface area contributed by atoms with Gasteiger partial charge in [-0.3, -0.25) is 0 Å². The van der Waals surface area contributed by atoms with Crippen molar-refractivity contribution in [1.29, 1.82) is 5.26 Å². The van der Waals surface area contributed by atoms with Crippen LogP contribution in [0.15, 0.2) is 29.0 Å². The summed E-state index contributed by atoms with van der Waals surface area (Å²) in [7, 11) is 0. The van der Waals surface area contributed by atoms with Gasteiger partial charge in [-0.15, -0.1) is 0 Å². The van der Waals surface area contributed by atoms with Gasteiger partial charge >= 0.3 is 0 Å². The van der Waals surface area contributed by atoms with E-state index in [-0.39, 0.29) is 0 Å². The molecule has 0 saturated heterocycles. The molecule has 0 bridgehead atoms. The van der Waals surface area contributed by atoms with Crippen LogP contribution in [0.4, 0.5) is 0 Å². The quantitative estimate of drug-likeness (QED) is 0.721. The third-order valence-electron chi connectivity index (χ3n) is 4.28. The maximum absolute atomic E-state index is 9.61. The SMILES string of the molecule is N#CC1(c2nc(-c3ccnc4ccnn34)no2)CCCCC1. The standard InChI is InChI=1S/C15H14N6O/c16-10-15(6-2-1-3-7-15)14-19-13(20-22-14)11-4-8-17-12-5-9-18-21(11)12/h4-5,8-9H,1-3,6-7H2. The van der Waals surface area contributed by atoms with Crippen LogP contribution < -0.4 is 0 Å². The largest absolute Gasteiger partial charge is 0.337 e. The molecule has 110 valence electrons. The summed E-state index contributed by atoms with van der Waals surface area (Å²) in [4.78, 5) is 8.70. The topological polar surface area (TPSA) is 92.9 Å². The number of rotatable bonds is 2. The molecule has 22 heavy (non-hydrogen) atoms. The molecule has 0 atom stereocenters. The molecule has 1 aliphatic carbocycles. The van der Waals surface area contributed by atoms with Crippen molar-refractivity contribution >= 4 is 5.65 Å². The Kier molecular flexibility index (Phi) is 2.89. The molecule has 0 amide bonds. The molecule has 0 aliphatic heterocycles. The van der Waals surface area contributed by atoms with Crippen molar-refractivity contribution in [2.45, 2.75) is 37.5 Å². The zero-order chi connectivity index (χ0) is 15.0. The van der Waals surface area contributed by atoms with Crippen LogP contribution in [0.25, 0.3) is 17.2 Å². The van der Waals surface area contributed by atoms with Crippen LogP contribution >= 0.6 is 0 Å². The zero-order valence-corrected chi connectivity index (χ0v) is 11.9. The smallest absolute Gasteiger partial charge is 0.247 e. The summed E-state index contributed by atoms with van der Waals surface area (Å²) >= 11 is 0. The third kappa shape index (κ3) is 1.88. The lowest BCUT2D eigenvalue weighted by Gasteiger charge is -2.26. The molecular formula is C15H14N6O. The first-order valence-corrected chi connectivity index (χ1v) is 7.37. The second-order valence-electron chi connectivity index (χ2n) is 5.61. The minimum atomic E-state index is -0.639. The van der Waals surface area contributed by atoms with E-state index >= 15 is 0 Å². The average Bonchev–Trinajstić information content (AvgIpc) is 3.24. The van der Waals surface area contributed by atoms with Crippen molar-refractivity contribution in [3.05, 3.63) is 30.4 Å². The summed E-state index contributed by atoms with van der Waals surface area (Å²) < 4.78 is 7.09. The monoisotopic (exact) mass is 294 g/mol. The molecule has 7 heteroatoms. The fourth-order valence-corrected chi connectivity index (χ4v) is 3.05. The Balaban J connectivity index is 1.78. The lowest BCUT2D eigenvalue weighted by Crippen LogP contribution is -2.27. The number of nitriles is 1. The Morgan fingerprint density at radius 1 is 1.18 bits per heavy atom. The zero-order valence-electron chi connectivity index (χ0n) is 11.9. The van der Waals surface area contributed by atoms with Gasteiger partial charge in [0.05, 0.1) is 12.3 Å². The lowest BCUT2D eigenvalue weighted by molar-refractivity contribution is 0.264. The number of nitrogens with zero attached hydrogens (tertiary/aromatic N) is 6. The normalized spacial score (nSPS) is 17.4. The highest BCUT2D eigenvalue weighted by atomic mass is 16.5. The molecule has 0 aromatic carbocycles. The molecule has 3 heterocycles. The van der Waals surface area contributed by atoms with Crippen molar-refractivity contribution in [1.82, 2.24) is 24.7 Å². The minimum absolute atomic E-state index is 0.418. The summed E-state index contributed by atoms with van der Waals surface area (Å²) in [6.07, 6.45) is 8.10. The van der Waals surface area contributed by atoms with Gasteiger partial charge in [0.2, 0.25) is 11.7 Å². The van der Waals surface area contributed by atoms with Crippen LogP contribution in [-0.4, -0.2) is 24.7 Å². The van der Waals surface area contributed by atoms with E-state index in [9.17, 15) is 5.26 Å². The number of hydrogen-bond donors (Lipinski definition) is 0. The van der Waals surface area contributed by atoms with E-state index in [1.54, 1.807) is 23.0 Å². The predicted molar refractivity (Wildman–Crippen MR) is 76.7 cm³/mol. The minimum Gasteiger partial charge on any atom is -0.337 e. The van der Waals surface area contributed by atoms with Crippen molar-refractivity contribution in [2.75, 3.05) is 0 Å². The molecule has 0 unspecified atom stereocenters. The van der Waals surface area contributed by atoms with E-state index < -0.39 is 5.41 Å². The van der Waals surface area contributed by atoms with Gasteiger partial charge in [-0.2, -0.15) is 15.3 Å². The average molecular weight is 294 g/mol. The van der Waals surface area contributed by atoms with Crippen LogP contribution in [0.1, 0.15) is 38.0 Å². The second-order valence-corrected chi connectivity index (χ2v) is 5.61. The Hall–Kier alpha value is -2.75. The molecule has 4 rings (SSSR count). The van der Waals surface area contributed by atoms with Gasteiger partial charge in [-0.05, 0) is 18.9 Å². The highest BCUT2D eigenvalue weighted by molar-refractivity contribution is 5.54. The van der Waals surface area contributed by atoms with Crippen LogP contribution in [0, 0.1) is 11.3 Å². The molecular weight excluding hydrogens is 280 g/mol. The van der Waals surface area contributed by atoms with Gasteiger partial charge in [0, 0.05) is 12.3 Å². The van der Waals surface area contributed by atoms with E-state index in [0.29, 0.717) is 17.4 Å². The van der Waals surface area contributed by atoms with Crippen LogP contribution in [0.5, 0.6) is 0 Å². The Bertz CT molecular complexity index is 852. The van der Waals surface area contributed by atoms with Gasteiger partial charge < -0.3 is 4.52 Å². The Morgan fingerprint density at radius 2 is 2.05 bits per heavy atom. The molecule has 1 aliphatic rings. The molecule has 0 N–H and O–H groups in total. The van der Waals surface area contributed by atoms with Gasteiger partial charge in [-0.1, -0.05) is 24.4 Å². The molecule has 1 saturated carbocycles. The van der Waals surface area contributed by atoms with Crippen LogP contribution in [0.3, 0.4) is 0 Å². The first-order valence-electron chi connectivity index (χ1n) is 7.37. The lowest BCUT2D eigenvalue weighted by atomic mass is 9.75. The first-order chi connectivity index (χ1) is 10.8. The summed E-state index contributed by atoms with van der Waals surface area (Å²) in [5.41, 5.74) is 0.783. The molecule has 0 radical (unpaired) electrons. The maximum Gasteiger partial charge on any atom is 0.247 e. The van der Waals surface area contributed by atoms with Crippen molar-refractivity contribution in [2.24, 2.45) is 0 Å². The molecule has 3 aromatic rings. The number of fused-ring (bicyclic) bond motifs is 1. The fourth-order valence-electron chi connectivity index (χ4n) is 3.05. The summed E-state index contributed by atoms with van der Waals surface area (Å²) in [6, 6.07) is 5.99. The van der Waals surface area contributed by atoms with E-state index in [4.69, 9.17) is 4.52 Å². The number of aromatic nitrogens is 5.